The van der Waals surface area contributed by atoms with Gasteiger partial charge in [0.2, 0.25) is 0 Å². The number of carboxylic acids is 1. The van der Waals surface area contributed by atoms with Crippen LogP contribution in [0.25, 0.3) is 0 Å². The molecule has 1 saturated heterocycles. The number of nitrogens with two attached hydrogens (primary N) is 1. The summed E-state index contributed by atoms with van der Waals surface area (Å²) in [4.78, 5) is 19.0. The van der Waals surface area contributed by atoms with E-state index in [9.17, 15) is 18.0 Å². The van der Waals surface area contributed by atoms with Crippen molar-refractivity contribution in [2.24, 2.45) is 5.73 Å². The molecule has 0 aromatic heterocycles. The van der Waals surface area contributed by atoms with Gasteiger partial charge < -0.3 is 15.6 Å². The van der Waals surface area contributed by atoms with E-state index in [1.165, 1.54) is 0 Å². The molecule has 1 aliphatic heterocycles. The molecule has 0 radical (unpaired) electrons. The van der Waals surface area contributed by atoms with Gasteiger partial charge in [0.05, 0.1) is 6.42 Å². The lowest BCUT2D eigenvalue weighted by atomic mass is 10.3. The SMILES string of the molecule is NC1COC(=O)C1.O=C(O)C(F)(F)F. The molecule has 1 unspecified atom stereocenters. The Labute approximate surface area is 76.6 Å². The van der Waals surface area contributed by atoms with Crippen LogP contribution in [0.15, 0.2) is 0 Å². The van der Waals surface area contributed by atoms with Crippen LogP contribution in [0.5, 0.6) is 0 Å². The van der Waals surface area contributed by atoms with E-state index in [1.54, 1.807) is 0 Å². The molecule has 0 aromatic carbocycles. The highest BCUT2D eigenvalue weighted by molar-refractivity contribution is 5.73. The molecule has 8 heteroatoms. The van der Waals surface area contributed by atoms with E-state index in [1.807, 2.05) is 0 Å². The Kier molecular flexibility index (Phi) is 4.35. The molecule has 1 heterocycles. The molecular weight excluding hydrogens is 207 g/mol. The van der Waals surface area contributed by atoms with Crippen molar-refractivity contribution >= 4 is 11.9 Å². The molecule has 1 aliphatic rings. The van der Waals surface area contributed by atoms with E-state index in [0.717, 1.165) is 0 Å². The summed E-state index contributed by atoms with van der Waals surface area (Å²) in [5.41, 5.74) is 5.28. The number of ether oxygens (including phenoxy) is 1. The Morgan fingerprint density at radius 2 is 2.00 bits per heavy atom. The average molecular weight is 215 g/mol. The van der Waals surface area contributed by atoms with Crippen LogP contribution in [0.1, 0.15) is 6.42 Å². The van der Waals surface area contributed by atoms with Crippen molar-refractivity contribution in [1.82, 2.24) is 0 Å². The van der Waals surface area contributed by atoms with Crippen molar-refractivity contribution in [3.8, 4) is 0 Å². The highest BCUT2D eigenvalue weighted by Gasteiger charge is 2.38. The number of halogens is 3. The summed E-state index contributed by atoms with van der Waals surface area (Å²) in [7, 11) is 0. The topological polar surface area (TPSA) is 89.6 Å². The molecule has 3 N–H and O–H groups in total. The molecule has 1 atom stereocenters. The average Bonchev–Trinajstić information content (AvgIpc) is 2.33. The zero-order valence-electron chi connectivity index (χ0n) is 6.87. The van der Waals surface area contributed by atoms with Gasteiger partial charge in [0.15, 0.2) is 0 Å². The fourth-order valence-corrected chi connectivity index (χ4v) is 0.532. The molecule has 0 bridgehead atoms. The van der Waals surface area contributed by atoms with Crippen LogP contribution >= 0.6 is 0 Å². The molecule has 5 nitrogen and oxygen atoms in total. The Hall–Kier alpha value is -1.31. The van der Waals surface area contributed by atoms with Crippen molar-refractivity contribution in [2.45, 2.75) is 18.6 Å². The number of carboxylic acid groups (broad SMARTS) is 1. The lowest BCUT2D eigenvalue weighted by Gasteiger charge is -1.93. The number of carbonyl (C=O) groups excluding carboxylic acids is 1. The van der Waals surface area contributed by atoms with Gasteiger partial charge in [-0.3, -0.25) is 4.79 Å². The van der Waals surface area contributed by atoms with E-state index in [0.29, 0.717) is 13.0 Å². The number of rotatable bonds is 0. The summed E-state index contributed by atoms with van der Waals surface area (Å²) in [6.45, 7) is 0.402. The monoisotopic (exact) mass is 215 g/mol. The third kappa shape index (κ3) is 5.36. The van der Waals surface area contributed by atoms with Crippen molar-refractivity contribution in [1.29, 1.82) is 0 Å². The van der Waals surface area contributed by atoms with Gasteiger partial charge in [-0.25, -0.2) is 4.79 Å². The molecule has 0 saturated carbocycles. The van der Waals surface area contributed by atoms with Gasteiger partial charge in [-0.1, -0.05) is 0 Å². The molecule has 0 aliphatic carbocycles. The zero-order chi connectivity index (χ0) is 11.4. The Morgan fingerprint density at radius 3 is 2.07 bits per heavy atom. The first kappa shape index (κ1) is 12.7. The Bertz CT molecular complexity index is 228. The first-order chi connectivity index (χ1) is 6.23. The van der Waals surface area contributed by atoms with E-state index in [4.69, 9.17) is 15.6 Å². The number of cyclic esters (lactones) is 1. The van der Waals surface area contributed by atoms with Crippen molar-refractivity contribution in [2.75, 3.05) is 6.61 Å². The molecule has 14 heavy (non-hydrogen) atoms. The molecule has 82 valence electrons. The summed E-state index contributed by atoms with van der Waals surface area (Å²) in [5.74, 6) is -2.93. The Balaban J connectivity index is 0.000000241. The van der Waals surface area contributed by atoms with E-state index >= 15 is 0 Å². The lowest BCUT2D eigenvalue weighted by molar-refractivity contribution is -0.192. The van der Waals surface area contributed by atoms with E-state index < -0.39 is 12.1 Å². The molecule has 0 spiro atoms. The summed E-state index contributed by atoms with van der Waals surface area (Å²) in [6, 6.07) is -0.0486. The maximum Gasteiger partial charge on any atom is 0.490 e. The quantitative estimate of drug-likeness (QED) is 0.550. The van der Waals surface area contributed by atoms with Crippen LogP contribution in [0.3, 0.4) is 0 Å². The number of aliphatic carboxylic acids is 1. The van der Waals surface area contributed by atoms with Crippen LogP contribution in [0.2, 0.25) is 0 Å². The fourth-order valence-electron chi connectivity index (χ4n) is 0.532. The van der Waals surface area contributed by atoms with Crippen LogP contribution in [0, 0.1) is 0 Å². The Morgan fingerprint density at radius 1 is 1.57 bits per heavy atom. The van der Waals surface area contributed by atoms with Crippen molar-refractivity contribution < 1.29 is 32.6 Å². The standard InChI is InChI=1S/C4H7NO2.C2HF3O2/c5-3-1-4(6)7-2-3;3-2(4,5)1(6)7/h3H,1-2,5H2;(H,6,7). The second-order valence-electron chi connectivity index (χ2n) is 2.45. The van der Waals surface area contributed by atoms with Gasteiger partial charge in [-0.05, 0) is 0 Å². The predicted octanol–water partition coefficient (Wildman–Crippen LogP) is -0.106. The van der Waals surface area contributed by atoms with E-state index in [-0.39, 0.29) is 12.0 Å². The van der Waals surface area contributed by atoms with Crippen LogP contribution in [-0.2, 0) is 14.3 Å². The smallest absolute Gasteiger partial charge is 0.475 e. The van der Waals surface area contributed by atoms with Gasteiger partial charge in [-0.15, -0.1) is 0 Å². The van der Waals surface area contributed by atoms with Gasteiger partial charge in [0.25, 0.3) is 0 Å². The predicted molar refractivity (Wildman–Crippen MR) is 37.2 cm³/mol. The van der Waals surface area contributed by atoms with E-state index in [2.05, 4.69) is 4.74 Å². The summed E-state index contributed by atoms with van der Waals surface area (Å²) < 4.78 is 36.2. The second-order valence-corrected chi connectivity index (χ2v) is 2.45. The zero-order valence-corrected chi connectivity index (χ0v) is 6.87. The second kappa shape index (κ2) is 4.80. The first-order valence-electron chi connectivity index (χ1n) is 3.44. The maximum absolute atomic E-state index is 10.6. The molecular formula is C6H8F3NO4. The fraction of sp³-hybridized carbons (Fsp3) is 0.667. The minimum atomic E-state index is -5.08. The molecule has 0 amide bonds. The number of hydrogen-bond donors (Lipinski definition) is 2. The maximum atomic E-state index is 10.6. The van der Waals surface area contributed by atoms with Crippen LogP contribution < -0.4 is 5.73 Å². The van der Waals surface area contributed by atoms with Gasteiger partial charge in [0, 0.05) is 6.04 Å². The third-order valence-electron chi connectivity index (χ3n) is 1.13. The number of hydrogen-bond acceptors (Lipinski definition) is 4. The van der Waals surface area contributed by atoms with Crippen molar-refractivity contribution in [3.63, 3.8) is 0 Å². The van der Waals surface area contributed by atoms with Gasteiger partial charge in [0.1, 0.15) is 6.61 Å². The third-order valence-corrected chi connectivity index (χ3v) is 1.13. The first-order valence-corrected chi connectivity index (χ1v) is 3.44. The van der Waals surface area contributed by atoms with Gasteiger partial charge in [-0.2, -0.15) is 13.2 Å². The largest absolute Gasteiger partial charge is 0.490 e. The molecule has 1 rings (SSSR count). The van der Waals surface area contributed by atoms with Crippen molar-refractivity contribution in [3.05, 3.63) is 0 Å². The molecule has 1 fully saturated rings. The number of alkyl halides is 3. The highest BCUT2D eigenvalue weighted by atomic mass is 19.4. The summed E-state index contributed by atoms with van der Waals surface area (Å²) >= 11 is 0. The van der Waals surface area contributed by atoms with Gasteiger partial charge >= 0.3 is 18.1 Å². The van der Waals surface area contributed by atoms with Crippen LogP contribution in [-0.4, -0.2) is 35.9 Å². The minimum absolute atomic E-state index is 0.0486. The van der Waals surface area contributed by atoms with Crippen LogP contribution in [0.4, 0.5) is 13.2 Å². The lowest BCUT2D eigenvalue weighted by Crippen LogP contribution is -2.21. The summed E-state index contributed by atoms with van der Waals surface area (Å²) in [5, 5.41) is 7.12. The highest BCUT2D eigenvalue weighted by Crippen LogP contribution is 2.13. The summed E-state index contributed by atoms with van der Waals surface area (Å²) in [6.07, 6.45) is -4.69. The normalized spacial score (nSPS) is 20.9. The number of carbonyl (C=O) groups is 2. The number of esters is 1. The molecule has 0 aromatic rings. The minimum Gasteiger partial charge on any atom is -0.475 e.